The van der Waals surface area contributed by atoms with Crippen LogP contribution in [0.25, 0.3) is 0 Å². The summed E-state index contributed by atoms with van der Waals surface area (Å²) in [7, 11) is 0. The van der Waals surface area contributed by atoms with Gasteiger partial charge in [-0.2, -0.15) is 0 Å². The van der Waals surface area contributed by atoms with Crippen molar-refractivity contribution in [3.63, 3.8) is 0 Å². The van der Waals surface area contributed by atoms with Crippen LogP contribution in [0.3, 0.4) is 0 Å². The highest BCUT2D eigenvalue weighted by Crippen LogP contribution is 2.18. The molecule has 0 spiro atoms. The van der Waals surface area contributed by atoms with Gasteiger partial charge in [-0.3, -0.25) is 4.79 Å². The van der Waals surface area contributed by atoms with Crippen LogP contribution in [-0.2, 0) is 11.2 Å². The number of carbonyl (C=O) groups excluding carboxylic acids is 1. The van der Waals surface area contributed by atoms with E-state index in [2.05, 4.69) is 15.5 Å². The van der Waals surface area contributed by atoms with E-state index in [9.17, 15) is 4.79 Å². The molecule has 3 rings (SSSR count). The Morgan fingerprint density at radius 2 is 1.96 bits per heavy atom. The molecule has 0 saturated heterocycles. The van der Waals surface area contributed by atoms with Crippen LogP contribution in [0.1, 0.15) is 11.4 Å². The number of nitrogens with two attached hydrogens (primary N) is 1. The SMILES string of the molecule is Nn1c(Cc2ccccc2)nnc1SCC(=O)Nc1cccc(Cl)c1. The largest absolute Gasteiger partial charge is 0.336 e. The monoisotopic (exact) mass is 373 g/mol. The van der Waals surface area contributed by atoms with Crippen LogP contribution in [-0.4, -0.2) is 26.5 Å². The minimum absolute atomic E-state index is 0.167. The first-order valence-corrected chi connectivity index (χ1v) is 8.89. The van der Waals surface area contributed by atoms with Crippen molar-refractivity contribution in [3.05, 3.63) is 71.0 Å². The molecule has 1 amide bonds. The molecule has 0 unspecified atom stereocenters. The smallest absolute Gasteiger partial charge is 0.234 e. The maximum atomic E-state index is 12.0. The van der Waals surface area contributed by atoms with Crippen molar-refractivity contribution in [1.82, 2.24) is 14.9 Å². The summed E-state index contributed by atoms with van der Waals surface area (Å²) in [6.45, 7) is 0. The summed E-state index contributed by atoms with van der Waals surface area (Å²) in [6, 6.07) is 16.9. The summed E-state index contributed by atoms with van der Waals surface area (Å²) in [4.78, 5) is 12.0. The lowest BCUT2D eigenvalue weighted by Gasteiger charge is -2.06. The lowest BCUT2D eigenvalue weighted by Crippen LogP contribution is -2.17. The molecule has 0 atom stereocenters. The molecule has 0 fully saturated rings. The lowest BCUT2D eigenvalue weighted by molar-refractivity contribution is -0.113. The number of benzene rings is 2. The van der Waals surface area contributed by atoms with Crippen LogP contribution >= 0.6 is 23.4 Å². The van der Waals surface area contributed by atoms with Crippen LogP contribution in [0.2, 0.25) is 5.02 Å². The quantitative estimate of drug-likeness (QED) is 0.512. The Morgan fingerprint density at radius 1 is 1.16 bits per heavy atom. The number of nitrogens with zero attached hydrogens (tertiary/aromatic N) is 3. The second-order valence-corrected chi connectivity index (χ2v) is 6.66. The highest BCUT2D eigenvalue weighted by molar-refractivity contribution is 7.99. The van der Waals surface area contributed by atoms with Crippen molar-refractivity contribution in [2.45, 2.75) is 11.6 Å². The number of thioether (sulfide) groups is 1. The van der Waals surface area contributed by atoms with Gasteiger partial charge in [-0.15, -0.1) is 10.2 Å². The number of hydrogen-bond donors (Lipinski definition) is 2. The van der Waals surface area contributed by atoms with E-state index in [1.807, 2.05) is 30.3 Å². The number of halogens is 1. The number of anilines is 1. The molecule has 0 aliphatic heterocycles. The van der Waals surface area contributed by atoms with Crippen LogP contribution in [0, 0.1) is 0 Å². The number of aromatic nitrogens is 3. The maximum Gasteiger partial charge on any atom is 0.234 e. The molecular formula is C17H16ClN5OS. The van der Waals surface area contributed by atoms with E-state index in [1.54, 1.807) is 24.3 Å². The summed E-state index contributed by atoms with van der Waals surface area (Å²) < 4.78 is 1.42. The van der Waals surface area contributed by atoms with E-state index in [0.717, 1.165) is 5.56 Å². The third-order valence-electron chi connectivity index (χ3n) is 3.38. The molecule has 0 saturated carbocycles. The number of rotatable bonds is 6. The van der Waals surface area contributed by atoms with Crippen molar-refractivity contribution in [2.75, 3.05) is 16.9 Å². The molecule has 1 heterocycles. The molecule has 3 N–H and O–H groups in total. The maximum absolute atomic E-state index is 12.0. The predicted molar refractivity (Wildman–Crippen MR) is 100 cm³/mol. The highest BCUT2D eigenvalue weighted by Gasteiger charge is 2.13. The fraction of sp³-hybridized carbons (Fsp3) is 0.118. The first-order chi connectivity index (χ1) is 12.1. The lowest BCUT2D eigenvalue weighted by atomic mass is 10.1. The molecule has 0 aliphatic carbocycles. The molecule has 128 valence electrons. The topological polar surface area (TPSA) is 85.8 Å². The van der Waals surface area contributed by atoms with Gasteiger partial charge in [0.1, 0.15) is 0 Å². The van der Waals surface area contributed by atoms with Crippen LogP contribution < -0.4 is 11.2 Å². The fourth-order valence-corrected chi connectivity index (χ4v) is 3.06. The molecule has 2 aromatic carbocycles. The number of hydrogen-bond acceptors (Lipinski definition) is 5. The minimum atomic E-state index is -0.167. The van der Waals surface area contributed by atoms with Gasteiger partial charge in [-0.1, -0.05) is 59.8 Å². The van der Waals surface area contributed by atoms with Crippen molar-refractivity contribution in [3.8, 4) is 0 Å². The van der Waals surface area contributed by atoms with E-state index in [0.29, 0.717) is 28.1 Å². The van der Waals surface area contributed by atoms with Gasteiger partial charge in [0.25, 0.3) is 0 Å². The Labute approximate surface area is 154 Å². The van der Waals surface area contributed by atoms with Gasteiger partial charge < -0.3 is 11.2 Å². The van der Waals surface area contributed by atoms with Gasteiger partial charge in [0, 0.05) is 17.1 Å². The van der Waals surface area contributed by atoms with E-state index in [-0.39, 0.29) is 11.7 Å². The summed E-state index contributed by atoms with van der Waals surface area (Å²) in [5.74, 6) is 6.68. The Morgan fingerprint density at radius 3 is 2.72 bits per heavy atom. The normalized spacial score (nSPS) is 10.6. The fourth-order valence-electron chi connectivity index (χ4n) is 2.20. The van der Waals surface area contributed by atoms with Crippen molar-refractivity contribution >= 4 is 35.0 Å². The number of nitrogens with one attached hydrogen (secondary N) is 1. The summed E-state index contributed by atoms with van der Waals surface area (Å²) in [5, 5.41) is 12.0. The van der Waals surface area contributed by atoms with Crippen molar-refractivity contribution in [1.29, 1.82) is 0 Å². The zero-order valence-corrected chi connectivity index (χ0v) is 14.8. The second kappa shape index (κ2) is 8.04. The predicted octanol–water partition coefficient (Wildman–Crippen LogP) is 2.97. The van der Waals surface area contributed by atoms with Gasteiger partial charge >= 0.3 is 0 Å². The summed E-state index contributed by atoms with van der Waals surface area (Å²) in [5.41, 5.74) is 1.74. The average molecular weight is 374 g/mol. The van der Waals surface area contributed by atoms with E-state index in [4.69, 9.17) is 17.4 Å². The Balaban J connectivity index is 1.57. The van der Waals surface area contributed by atoms with Crippen molar-refractivity contribution < 1.29 is 4.79 Å². The molecular weight excluding hydrogens is 358 g/mol. The number of amides is 1. The first-order valence-electron chi connectivity index (χ1n) is 7.53. The van der Waals surface area contributed by atoms with Gasteiger partial charge in [0.2, 0.25) is 11.1 Å². The van der Waals surface area contributed by atoms with Gasteiger partial charge in [0.05, 0.1) is 5.75 Å². The molecule has 3 aromatic rings. The summed E-state index contributed by atoms with van der Waals surface area (Å²) >= 11 is 7.13. The molecule has 6 nitrogen and oxygen atoms in total. The molecule has 25 heavy (non-hydrogen) atoms. The van der Waals surface area contributed by atoms with Gasteiger partial charge in [0.15, 0.2) is 5.82 Å². The van der Waals surface area contributed by atoms with E-state index in [1.165, 1.54) is 16.4 Å². The Bertz CT molecular complexity index is 868. The van der Waals surface area contributed by atoms with Crippen LogP contribution in [0.5, 0.6) is 0 Å². The number of nitrogen functional groups attached to an aromatic ring is 1. The van der Waals surface area contributed by atoms with Crippen LogP contribution in [0.15, 0.2) is 59.8 Å². The van der Waals surface area contributed by atoms with Gasteiger partial charge in [-0.25, -0.2) is 4.68 Å². The van der Waals surface area contributed by atoms with Crippen molar-refractivity contribution in [2.24, 2.45) is 0 Å². The Kier molecular flexibility index (Phi) is 5.57. The molecule has 0 aliphatic rings. The minimum Gasteiger partial charge on any atom is -0.336 e. The van der Waals surface area contributed by atoms with Gasteiger partial charge in [-0.05, 0) is 23.8 Å². The second-order valence-electron chi connectivity index (χ2n) is 5.28. The first kappa shape index (κ1) is 17.3. The third kappa shape index (κ3) is 4.74. The average Bonchev–Trinajstić information content (AvgIpc) is 2.94. The van der Waals surface area contributed by atoms with E-state index < -0.39 is 0 Å². The zero-order valence-electron chi connectivity index (χ0n) is 13.2. The summed E-state index contributed by atoms with van der Waals surface area (Å²) in [6.07, 6.45) is 0.583. The molecule has 0 bridgehead atoms. The molecule has 1 aromatic heterocycles. The Hall–Kier alpha value is -2.51. The highest BCUT2D eigenvalue weighted by atomic mass is 35.5. The molecule has 8 heteroatoms. The third-order valence-corrected chi connectivity index (χ3v) is 4.56. The standard InChI is InChI=1S/C17H16ClN5OS/c18-13-7-4-8-14(10-13)20-16(24)11-25-17-22-21-15(23(17)19)9-12-5-2-1-3-6-12/h1-8,10H,9,11,19H2,(H,20,24). The number of carbonyl (C=O) groups is 1. The zero-order chi connectivity index (χ0) is 17.6. The molecule has 0 radical (unpaired) electrons. The van der Waals surface area contributed by atoms with E-state index >= 15 is 0 Å². The van der Waals surface area contributed by atoms with Crippen LogP contribution in [0.4, 0.5) is 5.69 Å².